The third-order valence-electron chi connectivity index (χ3n) is 12.0. The minimum atomic E-state index is -0.787. The molecule has 352 valence electrons. The Labute approximate surface area is 373 Å². The summed E-state index contributed by atoms with van der Waals surface area (Å²) in [5.74, 6) is -0.486. The van der Waals surface area contributed by atoms with Crippen LogP contribution in [-0.2, 0) is 14.3 Å². The number of hydrogen-bond acceptors (Lipinski definition) is 5. The quantitative estimate of drug-likeness (QED) is 0.0322. The number of aliphatic hydroxyl groups is 2. The first-order chi connectivity index (χ1) is 29.5. The minimum absolute atomic E-state index is 0.0729. The van der Waals surface area contributed by atoms with Crippen molar-refractivity contribution in [3.63, 3.8) is 0 Å². The fraction of sp³-hybridized carbons (Fsp3) is 0.852. The molecule has 6 nitrogen and oxygen atoms in total. The summed E-state index contributed by atoms with van der Waals surface area (Å²) in [6.45, 7) is 6.47. The van der Waals surface area contributed by atoms with Gasteiger partial charge in [-0.15, -0.1) is 0 Å². The van der Waals surface area contributed by atoms with Crippen LogP contribution in [0.4, 0.5) is 0 Å². The van der Waals surface area contributed by atoms with Crippen molar-refractivity contribution < 1.29 is 24.5 Å². The zero-order chi connectivity index (χ0) is 43.8. The van der Waals surface area contributed by atoms with Crippen LogP contribution in [0.15, 0.2) is 36.5 Å². The SMILES string of the molecule is CCCCCCC/C=C/C=C/C=C/CCCCCCCC(=O)OC(CCCCCCCCCCCCC)CC(=O)NC(CO)C(O)CCCCCCCCCCCCCC. The molecule has 3 atom stereocenters. The van der Waals surface area contributed by atoms with E-state index in [1.54, 1.807) is 0 Å². The summed E-state index contributed by atoms with van der Waals surface area (Å²) in [7, 11) is 0. The monoisotopic (exact) mass is 844 g/mol. The van der Waals surface area contributed by atoms with Gasteiger partial charge in [0.1, 0.15) is 6.10 Å². The summed E-state index contributed by atoms with van der Waals surface area (Å²) in [4.78, 5) is 26.1. The number of carbonyl (C=O) groups excluding carboxylic acids is 2. The van der Waals surface area contributed by atoms with Crippen molar-refractivity contribution in [3.05, 3.63) is 36.5 Å². The van der Waals surface area contributed by atoms with E-state index in [1.807, 2.05) is 0 Å². The molecule has 0 radical (unpaired) electrons. The van der Waals surface area contributed by atoms with Gasteiger partial charge in [-0.3, -0.25) is 9.59 Å². The first-order valence-corrected chi connectivity index (χ1v) is 26.2. The fourth-order valence-electron chi connectivity index (χ4n) is 8.02. The Morgan fingerprint density at radius 2 is 0.850 bits per heavy atom. The summed E-state index contributed by atoms with van der Waals surface area (Å²) in [5, 5.41) is 23.7. The molecule has 0 aliphatic heterocycles. The molecule has 6 heteroatoms. The van der Waals surface area contributed by atoms with Crippen LogP contribution in [-0.4, -0.2) is 46.9 Å². The number of hydrogen-bond donors (Lipinski definition) is 3. The molecule has 0 saturated heterocycles. The van der Waals surface area contributed by atoms with E-state index in [0.717, 1.165) is 70.6 Å². The second-order valence-electron chi connectivity index (χ2n) is 18.0. The lowest BCUT2D eigenvalue weighted by molar-refractivity contribution is -0.151. The molecule has 0 aliphatic carbocycles. The fourth-order valence-corrected chi connectivity index (χ4v) is 8.02. The van der Waals surface area contributed by atoms with Gasteiger partial charge in [0.15, 0.2) is 0 Å². The molecule has 0 bridgehead atoms. The number of carbonyl (C=O) groups is 2. The smallest absolute Gasteiger partial charge is 0.306 e. The van der Waals surface area contributed by atoms with Gasteiger partial charge in [0.2, 0.25) is 5.91 Å². The number of allylic oxidation sites excluding steroid dienone is 6. The molecular weight excluding hydrogens is 743 g/mol. The number of ether oxygens (including phenoxy) is 1. The summed E-state index contributed by atoms with van der Waals surface area (Å²) >= 11 is 0. The largest absolute Gasteiger partial charge is 0.462 e. The lowest BCUT2D eigenvalue weighted by atomic mass is 10.0. The normalized spacial score (nSPS) is 13.5. The van der Waals surface area contributed by atoms with Gasteiger partial charge in [-0.2, -0.15) is 0 Å². The minimum Gasteiger partial charge on any atom is -0.462 e. The Hall–Kier alpha value is -1.92. The van der Waals surface area contributed by atoms with Gasteiger partial charge in [0, 0.05) is 6.42 Å². The molecule has 0 rings (SSSR count). The molecule has 0 fully saturated rings. The molecule has 0 heterocycles. The maximum atomic E-state index is 13.2. The Morgan fingerprint density at radius 1 is 0.483 bits per heavy atom. The van der Waals surface area contributed by atoms with E-state index in [-0.39, 0.29) is 24.9 Å². The van der Waals surface area contributed by atoms with E-state index in [1.165, 1.54) is 154 Å². The number of amides is 1. The third kappa shape index (κ3) is 42.8. The van der Waals surface area contributed by atoms with Crippen LogP contribution in [0.25, 0.3) is 0 Å². The standard InChI is InChI=1S/C54H101NO5/c1-4-7-10-13-16-19-22-24-25-26-27-28-29-32-35-38-41-44-47-54(59)60-50(45-42-39-36-33-30-21-18-15-12-9-6-3)48-53(58)55-51(49-56)52(57)46-43-40-37-34-31-23-20-17-14-11-8-5-2/h22,24-28,50-52,56-57H,4-21,23,29-49H2,1-3H3,(H,55,58)/b24-22+,26-25+,28-27+. The predicted octanol–water partition coefficient (Wildman–Crippen LogP) is 15.7. The highest BCUT2D eigenvalue weighted by atomic mass is 16.5. The van der Waals surface area contributed by atoms with Crippen molar-refractivity contribution in [1.29, 1.82) is 0 Å². The zero-order valence-corrected chi connectivity index (χ0v) is 40.1. The summed E-state index contributed by atoms with van der Waals surface area (Å²) in [6.07, 6.45) is 56.3. The van der Waals surface area contributed by atoms with Gasteiger partial charge < -0.3 is 20.3 Å². The van der Waals surface area contributed by atoms with Crippen molar-refractivity contribution in [3.8, 4) is 0 Å². The van der Waals surface area contributed by atoms with Crippen molar-refractivity contribution in [2.45, 2.75) is 289 Å². The Morgan fingerprint density at radius 3 is 1.27 bits per heavy atom. The molecule has 0 saturated carbocycles. The van der Waals surface area contributed by atoms with E-state index >= 15 is 0 Å². The zero-order valence-electron chi connectivity index (χ0n) is 40.1. The first kappa shape index (κ1) is 58.1. The Balaban J connectivity index is 4.54. The number of rotatable bonds is 47. The maximum Gasteiger partial charge on any atom is 0.306 e. The van der Waals surface area contributed by atoms with Gasteiger partial charge in [-0.1, -0.05) is 243 Å². The van der Waals surface area contributed by atoms with Crippen molar-refractivity contribution in [2.75, 3.05) is 6.61 Å². The van der Waals surface area contributed by atoms with Crippen LogP contribution >= 0.6 is 0 Å². The van der Waals surface area contributed by atoms with Crippen LogP contribution < -0.4 is 5.32 Å². The summed E-state index contributed by atoms with van der Waals surface area (Å²) in [5.41, 5.74) is 0. The van der Waals surface area contributed by atoms with Crippen LogP contribution in [0, 0.1) is 0 Å². The van der Waals surface area contributed by atoms with Gasteiger partial charge >= 0.3 is 5.97 Å². The van der Waals surface area contributed by atoms with Crippen molar-refractivity contribution >= 4 is 11.9 Å². The molecule has 3 unspecified atom stereocenters. The van der Waals surface area contributed by atoms with E-state index < -0.39 is 18.2 Å². The van der Waals surface area contributed by atoms with Gasteiger partial charge in [0.05, 0.1) is 25.2 Å². The topological polar surface area (TPSA) is 95.9 Å². The van der Waals surface area contributed by atoms with Crippen LogP contribution in [0.2, 0.25) is 0 Å². The predicted molar refractivity (Wildman–Crippen MR) is 259 cm³/mol. The highest BCUT2D eigenvalue weighted by Gasteiger charge is 2.24. The third-order valence-corrected chi connectivity index (χ3v) is 12.0. The van der Waals surface area contributed by atoms with E-state index in [2.05, 4.69) is 62.5 Å². The van der Waals surface area contributed by atoms with Crippen LogP contribution in [0.3, 0.4) is 0 Å². The number of esters is 1. The van der Waals surface area contributed by atoms with Crippen molar-refractivity contribution in [2.24, 2.45) is 0 Å². The van der Waals surface area contributed by atoms with Gasteiger partial charge in [0.25, 0.3) is 0 Å². The molecule has 0 spiro atoms. The average Bonchev–Trinajstić information content (AvgIpc) is 3.24. The lowest BCUT2D eigenvalue weighted by Gasteiger charge is -2.24. The van der Waals surface area contributed by atoms with Crippen LogP contribution in [0.1, 0.15) is 271 Å². The molecule has 0 aromatic rings. The second-order valence-corrected chi connectivity index (χ2v) is 18.0. The molecule has 0 aromatic carbocycles. The Kier molecular flexibility index (Phi) is 46.6. The number of nitrogens with one attached hydrogen (secondary N) is 1. The summed E-state index contributed by atoms with van der Waals surface area (Å²) in [6, 6.07) is -0.702. The molecular formula is C54H101NO5. The average molecular weight is 844 g/mol. The molecule has 3 N–H and O–H groups in total. The maximum absolute atomic E-state index is 13.2. The van der Waals surface area contributed by atoms with Gasteiger partial charge in [-0.05, 0) is 51.4 Å². The van der Waals surface area contributed by atoms with E-state index in [0.29, 0.717) is 19.3 Å². The second kappa shape index (κ2) is 48.1. The number of aliphatic hydroxyl groups excluding tert-OH is 2. The van der Waals surface area contributed by atoms with E-state index in [9.17, 15) is 19.8 Å². The first-order valence-electron chi connectivity index (χ1n) is 26.2. The Bertz CT molecular complexity index is 993. The summed E-state index contributed by atoms with van der Waals surface area (Å²) < 4.78 is 5.93. The highest BCUT2D eigenvalue weighted by molar-refractivity contribution is 5.77. The van der Waals surface area contributed by atoms with E-state index in [4.69, 9.17) is 4.74 Å². The lowest BCUT2D eigenvalue weighted by Crippen LogP contribution is -2.46. The van der Waals surface area contributed by atoms with Gasteiger partial charge in [-0.25, -0.2) is 0 Å². The molecule has 0 aromatic heterocycles. The molecule has 0 aliphatic rings. The highest BCUT2D eigenvalue weighted by Crippen LogP contribution is 2.18. The van der Waals surface area contributed by atoms with Crippen molar-refractivity contribution in [1.82, 2.24) is 5.32 Å². The number of unbranched alkanes of at least 4 members (excludes halogenated alkanes) is 31. The molecule has 1 amide bonds. The molecule has 60 heavy (non-hydrogen) atoms. The van der Waals surface area contributed by atoms with Crippen LogP contribution in [0.5, 0.6) is 0 Å².